The fourth-order valence-electron chi connectivity index (χ4n) is 4.77. The summed E-state index contributed by atoms with van der Waals surface area (Å²) in [7, 11) is 1.55. The normalized spacial score (nSPS) is 25.8. The van der Waals surface area contributed by atoms with Crippen LogP contribution in [0.1, 0.15) is 92.4 Å². The number of hydrogen-bond acceptors (Lipinski definition) is 5. The van der Waals surface area contributed by atoms with Gasteiger partial charge in [-0.2, -0.15) is 0 Å². The van der Waals surface area contributed by atoms with Gasteiger partial charge in [0.2, 0.25) is 0 Å². The Kier molecular flexibility index (Phi) is 15.6. The van der Waals surface area contributed by atoms with Crippen molar-refractivity contribution < 1.29 is 23.1 Å². The number of hydrogen-bond donors (Lipinski definition) is 1. The third-order valence-corrected chi connectivity index (χ3v) is 9.62. The van der Waals surface area contributed by atoms with Crippen LogP contribution in [0.25, 0.3) is 0 Å². The molecule has 6 atom stereocenters. The Morgan fingerprint density at radius 3 is 2.09 bits per heavy atom. The van der Waals surface area contributed by atoms with Crippen molar-refractivity contribution in [1.29, 1.82) is 0 Å². The molecule has 34 heavy (non-hydrogen) atoms. The molecule has 1 saturated heterocycles. The van der Waals surface area contributed by atoms with Crippen molar-refractivity contribution in [3.63, 3.8) is 0 Å². The first-order valence-corrected chi connectivity index (χ1v) is 19.4. The quantitative estimate of drug-likeness (QED) is 0.146. The van der Waals surface area contributed by atoms with Gasteiger partial charge >= 0.3 is 135 Å². The first-order chi connectivity index (χ1) is 15.9. The standard InChI is InChI=1S/C28H55AsO5/c1-21(2)12-9-13-22(3)14-10-15-23(4)16-11-17-24(5)18-19-33-28-27(32-8)26(30)25(34-28)20-29(6,7)31/h18,21-23,25-28,30H,9-17,19-20H2,1-8H3/b24-18+/t22?,23?,25-,26-,27-,28-/m1/s1. The van der Waals surface area contributed by atoms with E-state index in [2.05, 4.69) is 40.7 Å². The number of methoxy groups -OCH3 is 1. The van der Waals surface area contributed by atoms with E-state index in [1.54, 1.807) is 18.5 Å². The van der Waals surface area contributed by atoms with Crippen molar-refractivity contribution in [2.24, 2.45) is 17.8 Å². The zero-order valence-electron chi connectivity index (χ0n) is 23.4. The van der Waals surface area contributed by atoms with Crippen LogP contribution in [-0.2, 0) is 18.0 Å². The van der Waals surface area contributed by atoms with E-state index in [0.717, 1.165) is 24.2 Å². The van der Waals surface area contributed by atoms with Crippen LogP contribution in [0.5, 0.6) is 0 Å². The average molecular weight is 547 g/mol. The summed E-state index contributed by atoms with van der Waals surface area (Å²) >= 11 is -2.93. The summed E-state index contributed by atoms with van der Waals surface area (Å²) in [5, 5.41) is 10.8. The SMILES string of the molecule is CO[C@H]1[C@H](OC/C=C(\C)CCCC(C)CCCC(C)CCCC(C)C)O[C@H](C[As](C)(C)=O)[C@H]1O. The van der Waals surface area contributed by atoms with Gasteiger partial charge in [-0.05, 0) is 11.8 Å². The molecule has 0 aromatic carbocycles. The predicted molar refractivity (Wildman–Crippen MR) is 143 cm³/mol. The zero-order chi connectivity index (χ0) is 25.7. The average Bonchev–Trinajstić information content (AvgIpc) is 3.00. The summed E-state index contributed by atoms with van der Waals surface area (Å²) in [5.74, 6) is 2.48. The Labute approximate surface area is 213 Å². The Bertz CT molecular complexity index is 614. The second-order valence-electron chi connectivity index (χ2n) is 11.7. The van der Waals surface area contributed by atoms with E-state index in [1.165, 1.54) is 56.9 Å². The van der Waals surface area contributed by atoms with Gasteiger partial charge in [0.05, 0.1) is 0 Å². The van der Waals surface area contributed by atoms with Gasteiger partial charge in [0.1, 0.15) is 0 Å². The van der Waals surface area contributed by atoms with E-state index >= 15 is 0 Å². The fourth-order valence-corrected chi connectivity index (χ4v) is 7.22. The Balaban J connectivity index is 2.23. The van der Waals surface area contributed by atoms with Crippen LogP contribution >= 0.6 is 0 Å². The number of rotatable bonds is 18. The molecule has 1 fully saturated rings. The van der Waals surface area contributed by atoms with Crippen molar-refractivity contribution in [3.05, 3.63) is 11.6 Å². The molecular weight excluding hydrogens is 491 g/mol. The molecule has 0 saturated carbocycles. The molecule has 0 bridgehead atoms. The summed E-state index contributed by atoms with van der Waals surface area (Å²) in [5.41, 5.74) is 4.87. The monoisotopic (exact) mass is 546 g/mol. The number of ether oxygens (including phenoxy) is 3. The molecule has 0 aliphatic carbocycles. The maximum atomic E-state index is 12.2. The molecular formula is C28H55AsO5. The Morgan fingerprint density at radius 1 is 1.00 bits per heavy atom. The molecule has 0 aromatic rings. The third-order valence-electron chi connectivity index (χ3n) is 7.02. The molecule has 0 amide bonds. The van der Waals surface area contributed by atoms with Gasteiger partial charge in [-0.1, -0.05) is 66.2 Å². The fraction of sp³-hybridized carbons (Fsp3) is 0.929. The minimum atomic E-state index is -2.93. The molecule has 202 valence electrons. The molecule has 6 heteroatoms. The van der Waals surface area contributed by atoms with Crippen molar-refractivity contribution >= 4 is 13.5 Å². The van der Waals surface area contributed by atoms with Crippen molar-refractivity contribution in [2.45, 2.75) is 134 Å². The van der Waals surface area contributed by atoms with Crippen LogP contribution in [0.2, 0.25) is 16.6 Å². The second kappa shape index (κ2) is 16.6. The van der Waals surface area contributed by atoms with Gasteiger partial charge in [0.15, 0.2) is 0 Å². The molecule has 1 heterocycles. The first-order valence-electron chi connectivity index (χ1n) is 13.6. The van der Waals surface area contributed by atoms with Gasteiger partial charge in [0.25, 0.3) is 0 Å². The van der Waals surface area contributed by atoms with Gasteiger partial charge in [-0.25, -0.2) is 0 Å². The van der Waals surface area contributed by atoms with Crippen LogP contribution in [-0.4, -0.2) is 56.9 Å². The third kappa shape index (κ3) is 13.9. The predicted octanol–water partition coefficient (Wildman–Crippen LogP) is 7.12. The van der Waals surface area contributed by atoms with Crippen LogP contribution in [0.15, 0.2) is 11.6 Å². The minimum absolute atomic E-state index is 0.392. The van der Waals surface area contributed by atoms with Crippen molar-refractivity contribution in [3.8, 4) is 0 Å². The van der Waals surface area contributed by atoms with Gasteiger partial charge in [0, 0.05) is 0 Å². The number of aliphatic hydroxyl groups is 1. The molecule has 1 rings (SSSR count). The Hall–Kier alpha value is -0.0616. The van der Waals surface area contributed by atoms with E-state index in [9.17, 15) is 8.85 Å². The van der Waals surface area contributed by atoms with Crippen molar-refractivity contribution in [1.82, 2.24) is 0 Å². The van der Waals surface area contributed by atoms with Gasteiger partial charge in [-0.15, -0.1) is 0 Å². The molecule has 5 nitrogen and oxygen atoms in total. The molecule has 0 spiro atoms. The van der Waals surface area contributed by atoms with Crippen LogP contribution < -0.4 is 0 Å². The van der Waals surface area contributed by atoms with E-state index < -0.39 is 38.1 Å². The zero-order valence-corrected chi connectivity index (χ0v) is 25.3. The van der Waals surface area contributed by atoms with E-state index in [0.29, 0.717) is 11.8 Å². The van der Waals surface area contributed by atoms with E-state index in [1.807, 2.05) is 0 Å². The second-order valence-corrected chi connectivity index (χ2v) is 19.1. The van der Waals surface area contributed by atoms with Gasteiger partial charge < -0.3 is 0 Å². The number of aliphatic hydroxyl groups excluding tert-OH is 1. The summed E-state index contributed by atoms with van der Waals surface area (Å²) in [4.78, 5) is 0. The summed E-state index contributed by atoms with van der Waals surface area (Å²) in [6.07, 6.45) is 11.4. The maximum absolute atomic E-state index is 12.2. The summed E-state index contributed by atoms with van der Waals surface area (Å²) in [6.45, 7) is 12.0. The molecule has 1 N–H and O–H groups in total. The summed E-state index contributed by atoms with van der Waals surface area (Å²) < 4.78 is 29.3. The van der Waals surface area contributed by atoms with Crippen molar-refractivity contribution in [2.75, 3.05) is 13.7 Å². The molecule has 1 aliphatic rings. The van der Waals surface area contributed by atoms with E-state index in [-0.39, 0.29) is 0 Å². The first kappa shape index (κ1) is 32.0. The Morgan fingerprint density at radius 2 is 1.56 bits per heavy atom. The summed E-state index contributed by atoms with van der Waals surface area (Å²) in [6, 6.07) is 0. The molecule has 0 radical (unpaired) electrons. The van der Waals surface area contributed by atoms with Crippen LogP contribution in [0, 0.1) is 17.8 Å². The molecule has 0 aromatic heterocycles. The van der Waals surface area contributed by atoms with Crippen LogP contribution in [0.4, 0.5) is 0 Å². The topological polar surface area (TPSA) is 65.0 Å². The molecule has 1 aliphatic heterocycles. The van der Waals surface area contributed by atoms with E-state index in [4.69, 9.17) is 14.2 Å². The van der Waals surface area contributed by atoms with Gasteiger partial charge in [-0.3, -0.25) is 0 Å². The van der Waals surface area contributed by atoms with Crippen LogP contribution in [0.3, 0.4) is 0 Å². The molecule has 2 unspecified atom stereocenters. The number of allylic oxidation sites excluding steroid dienone is 1.